The van der Waals surface area contributed by atoms with Gasteiger partial charge in [0.2, 0.25) is 0 Å². The number of ether oxygens (including phenoxy) is 2. The van der Waals surface area contributed by atoms with E-state index in [1.165, 1.54) is 0 Å². The molecule has 0 aliphatic carbocycles. The minimum atomic E-state index is -2.24. The van der Waals surface area contributed by atoms with E-state index in [2.05, 4.69) is 67.7 Å². The Morgan fingerprint density at radius 3 is 1.53 bits per heavy atom. The highest BCUT2D eigenvalue weighted by atomic mass is 35.6. The van der Waals surface area contributed by atoms with Crippen LogP contribution in [0.15, 0.2) is 48.5 Å². The highest BCUT2D eigenvalue weighted by Crippen LogP contribution is 2.32. The van der Waals surface area contributed by atoms with Gasteiger partial charge in [-0.25, -0.2) is 9.59 Å². The number of carbonyl (C=O) groups excluding carboxylic acids is 2. The van der Waals surface area contributed by atoms with E-state index in [0.29, 0.717) is 17.9 Å². The van der Waals surface area contributed by atoms with Crippen LogP contribution in [0.3, 0.4) is 0 Å². The van der Waals surface area contributed by atoms with Gasteiger partial charge < -0.3 is 41.4 Å². The summed E-state index contributed by atoms with van der Waals surface area (Å²) in [7, 11) is 8.10. The van der Waals surface area contributed by atoms with Crippen LogP contribution >= 0.6 is 69.6 Å². The first-order valence-corrected chi connectivity index (χ1v) is 16.4. The molecule has 0 unspecified atom stereocenters. The Balaban J connectivity index is -0.000000643. The van der Waals surface area contributed by atoms with Crippen molar-refractivity contribution < 1.29 is 19.1 Å². The molecule has 0 aromatic heterocycles. The van der Waals surface area contributed by atoms with Gasteiger partial charge in [0, 0.05) is 40.9 Å². The molecule has 6 N–H and O–H groups in total. The Morgan fingerprint density at radius 2 is 1.18 bits per heavy atom. The third kappa shape index (κ3) is 37.6. The number of carbonyl (C=O) groups is 2. The molecule has 12 nitrogen and oxygen atoms in total. The van der Waals surface area contributed by atoms with Crippen LogP contribution in [-0.2, 0) is 9.47 Å². The average molecular weight is 827 g/mol. The Hall–Kier alpha value is -3.50. The molecule has 0 atom stereocenters. The first kappa shape index (κ1) is 51.9. The number of nitrogen functional groups attached to an aromatic ring is 1. The zero-order chi connectivity index (χ0) is 38.6. The van der Waals surface area contributed by atoms with Crippen molar-refractivity contribution in [2.24, 2.45) is 5.73 Å². The number of halogens is 6. The summed E-state index contributed by atoms with van der Waals surface area (Å²) in [5.74, 6) is 9.96. The van der Waals surface area contributed by atoms with E-state index in [-0.39, 0.29) is 13.5 Å². The minimum Gasteiger partial charge on any atom is -0.399 e. The lowest BCUT2D eigenvalue weighted by Crippen LogP contribution is -2.31. The number of anilines is 2. The molecule has 0 aliphatic rings. The molecule has 0 saturated carbocycles. The highest BCUT2D eigenvalue weighted by molar-refractivity contribution is 6.67. The van der Waals surface area contributed by atoms with Gasteiger partial charge in [-0.05, 0) is 179 Å². The van der Waals surface area contributed by atoms with Crippen molar-refractivity contribution in [3.05, 3.63) is 59.7 Å². The molecule has 2 amide bonds. The number of hydrogen-bond donors (Lipinski definition) is 4. The second-order valence-electron chi connectivity index (χ2n) is 9.75. The largest absolute Gasteiger partial charge is 0.515 e. The first-order chi connectivity index (χ1) is 23.3. The predicted molar refractivity (Wildman–Crippen MR) is 210 cm³/mol. The topological polar surface area (TPSA) is 183 Å². The highest BCUT2D eigenvalue weighted by Gasteiger charge is 2.32. The maximum atomic E-state index is 11.6. The molecule has 0 fully saturated rings. The van der Waals surface area contributed by atoms with E-state index in [9.17, 15) is 9.59 Å². The van der Waals surface area contributed by atoms with Crippen molar-refractivity contribution in [1.29, 1.82) is 10.5 Å². The molecule has 51 heavy (non-hydrogen) atoms. The quantitative estimate of drug-likeness (QED) is 0.0704. The Bertz CT molecular complexity index is 1460. The van der Waals surface area contributed by atoms with Gasteiger partial charge >= 0.3 is 20.1 Å². The molecule has 2 aromatic rings. The summed E-state index contributed by atoms with van der Waals surface area (Å²) >= 11 is 30.2. The van der Waals surface area contributed by atoms with Crippen molar-refractivity contribution in [3.8, 4) is 35.8 Å². The summed E-state index contributed by atoms with van der Waals surface area (Å²) in [5, 5.41) is 22.0. The second kappa shape index (κ2) is 30.2. The summed E-state index contributed by atoms with van der Waals surface area (Å²) in [4.78, 5) is 26.3. The van der Waals surface area contributed by atoms with E-state index in [1.807, 2.05) is 14.1 Å². The van der Waals surface area contributed by atoms with Crippen LogP contribution in [0.2, 0.25) is 0 Å². The molecule has 0 spiro atoms. The molecule has 0 bridgehead atoms. The first-order valence-electron chi connectivity index (χ1n) is 14.2. The minimum absolute atomic E-state index is 0. The lowest BCUT2D eigenvalue weighted by atomic mass is 10.2. The summed E-state index contributed by atoms with van der Waals surface area (Å²) in [5.41, 5.74) is 13.6. The summed E-state index contributed by atoms with van der Waals surface area (Å²) < 4.78 is 3.50. The molecule has 2 aromatic carbocycles. The van der Waals surface area contributed by atoms with Gasteiger partial charge in [-0.1, -0.05) is 19.3 Å². The maximum Gasteiger partial charge on any atom is 0.515 e. The normalized spacial score (nSPS) is 9.63. The van der Waals surface area contributed by atoms with Crippen LogP contribution in [0.4, 0.5) is 21.0 Å². The summed E-state index contributed by atoms with van der Waals surface area (Å²) in [6, 6.07) is 17.3. The second-order valence-corrected chi connectivity index (χ2v) is 14.1. The smallest absolute Gasteiger partial charge is 0.399 e. The van der Waals surface area contributed by atoms with Gasteiger partial charge in [0.1, 0.15) is 0 Å². The van der Waals surface area contributed by atoms with E-state index in [1.54, 1.807) is 60.7 Å². The van der Waals surface area contributed by atoms with Crippen molar-refractivity contribution >= 4 is 93.2 Å². The zero-order valence-electron chi connectivity index (χ0n) is 27.7. The number of rotatable bonds is 8. The van der Waals surface area contributed by atoms with Gasteiger partial charge in [0.15, 0.2) is 12.1 Å². The number of nitrogens with one attached hydrogen (secondary N) is 2. The molecule has 2 rings (SSSR count). The third-order valence-corrected chi connectivity index (χ3v) is 5.32. The van der Waals surface area contributed by atoms with E-state index < -0.39 is 14.1 Å². The van der Waals surface area contributed by atoms with Crippen LogP contribution in [0.1, 0.15) is 31.4 Å². The maximum absolute atomic E-state index is 11.6. The molecule has 0 aliphatic heterocycles. The van der Waals surface area contributed by atoms with Gasteiger partial charge in [0.25, 0.3) is 0 Å². The van der Waals surface area contributed by atoms with Gasteiger partial charge in [-0.3, -0.25) is 0 Å². The van der Waals surface area contributed by atoms with Crippen LogP contribution in [0.5, 0.6) is 0 Å². The predicted octanol–water partition coefficient (Wildman–Crippen LogP) is 7.11. The SMILES string of the molecule is C.CN(C)CCCN.CN(C)CCCNC(=O)Nc1ccc(C#CC#N)cc1.N#CC#Cc1ccc(N)cc1.O=C(OC(Cl)(Cl)Cl)OC(Cl)(Cl)Cl. The van der Waals surface area contributed by atoms with E-state index in [4.69, 9.17) is 91.6 Å². The Kier molecular flexibility index (Phi) is 30.7. The van der Waals surface area contributed by atoms with Crippen LogP contribution in [0.25, 0.3) is 0 Å². The number of nitriles is 2. The Labute approximate surface area is 331 Å². The average Bonchev–Trinajstić information content (AvgIpc) is 3.00. The standard InChI is InChI=1S/C15H18N4O.C9H6N2.C5H14N2.C3Cl6O3.CH4/c1-19(2)12-4-11-17-15(20)18-14-8-6-13(7-9-14)5-3-10-16;10-7-1-2-8-3-5-9(11)6-4-8;1-7(2)5-3-4-6;4-2(5,6)11-1(10)12-3(7,8)9;/h6-9H,4,11-12H2,1-2H3,(H2,17,18,20);3-6H,11H2;3-6H2,1-2H3;;1H4. The lowest BCUT2D eigenvalue weighted by Gasteiger charge is -2.15. The molecule has 0 saturated heterocycles. The molecular formula is C33H42Cl6N8O4. The van der Waals surface area contributed by atoms with Gasteiger partial charge in [-0.2, -0.15) is 10.5 Å². The third-order valence-electron chi connectivity index (χ3n) is 4.85. The van der Waals surface area contributed by atoms with Crippen molar-refractivity contribution in [1.82, 2.24) is 15.1 Å². The monoisotopic (exact) mass is 824 g/mol. The number of hydrogen-bond acceptors (Lipinski definition) is 10. The van der Waals surface area contributed by atoms with E-state index in [0.717, 1.165) is 43.6 Å². The van der Waals surface area contributed by atoms with E-state index >= 15 is 0 Å². The fourth-order valence-electron chi connectivity index (χ4n) is 2.79. The van der Waals surface area contributed by atoms with Crippen LogP contribution < -0.4 is 22.1 Å². The van der Waals surface area contributed by atoms with Crippen LogP contribution in [-0.4, -0.2) is 84.3 Å². The zero-order valence-corrected chi connectivity index (χ0v) is 32.2. The number of alkyl halides is 6. The fourth-order valence-corrected chi connectivity index (χ4v) is 3.17. The molecule has 280 valence electrons. The number of nitrogens with zero attached hydrogens (tertiary/aromatic N) is 4. The molecule has 0 heterocycles. The van der Waals surface area contributed by atoms with Crippen molar-refractivity contribution in [3.63, 3.8) is 0 Å². The fraction of sp³-hybridized carbons (Fsp3) is 0.394. The molecular weight excluding hydrogens is 785 g/mol. The number of nitrogens with two attached hydrogens (primary N) is 2. The number of urea groups is 1. The number of benzene rings is 2. The number of amides is 2. The molecule has 0 radical (unpaired) electrons. The molecule has 18 heteroatoms. The summed E-state index contributed by atoms with van der Waals surface area (Å²) in [6.45, 7) is 3.48. The Morgan fingerprint density at radius 1 is 0.765 bits per heavy atom. The van der Waals surface area contributed by atoms with Crippen LogP contribution in [0, 0.1) is 46.3 Å². The van der Waals surface area contributed by atoms with Crippen molar-refractivity contribution in [2.45, 2.75) is 28.2 Å². The lowest BCUT2D eigenvalue weighted by molar-refractivity contribution is 0.0508. The van der Waals surface area contributed by atoms with Crippen molar-refractivity contribution in [2.75, 3.05) is 65.4 Å². The van der Waals surface area contributed by atoms with Gasteiger partial charge in [-0.15, -0.1) is 0 Å². The summed E-state index contributed by atoms with van der Waals surface area (Å²) in [6.07, 6.45) is 0.603. The van der Waals surface area contributed by atoms with Gasteiger partial charge in [0.05, 0.1) is 0 Å².